The van der Waals surface area contributed by atoms with Crippen LogP contribution in [0.15, 0.2) is 48.8 Å². The minimum Gasteiger partial charge on any atom is -0.344 e. The van der Waals surface area contributed by atoms with Crippen molar-refractivity contribution < 1.29 is 4.79 Å². The van der Waals surface area contributed by atoms with Crippen LogP contribution < -0.4 is 5.32 Å². The van der Waals surface area contributed by atoms with Gasteiger partial charge in [-0.15, -0.1) is 5.10 Å². The second kappa shape index (κ2) is 6.80. The van der Waals surface area contributed by atoms with Gasteiger partial charge in [-0.3, -0.25) is 9.78 Å². The second-order valence-electron chi connectivity index (χ2n) is 5.40. The SMILES string of the molecule is Cc1c(C(=O)N[C@@H](C)c2cccnc2)nnn1-c1cccc(Cl)c1. The Balaban J connectivity index is 1.82. The van der Waals surface area contributed by atoms with Crippen molar-refractivity contribution in [1.82, 2.24) is 25.3 Å². The molecule has 1 N–H and O–H groups in total. The lowest BCUT2D eigenvalue weighted by atomic mass is 10.1. The van der Waals surface area contributed by atoms with Crippen molar-refractivity contribution in [3.63, 3.8) is 0 Å². The molecule has 0 aliphatic rings. The predicted molar refractivity (Wildman–Crippen MR) is 91.2 cm³/mol. The first-order valence-electron chi connectivity index (χ1n) is 7.45. The first-order chi connectivity index (χ1) is 11.6. The summed E-state index contributed by atoms with van der Waals surface area (Å²) in [6.45, 7) is 3.69. The number of rotatable bonds is 4. The first kappa shape index (κ1) is 16.1. The zero-order valence-corrected chi connectivity index (χ0v) is 14.0. The van der Waals surface area contributed by atoms with Crippen LogP contribution in [0.1, 0.15) is 34.7 Å². The molecule has 2 aromatic heterocycles. The normalized spacial score (nSPS) is 12.0. The largest absolute Gasteiger partial charge is 0.344 e. The molecule has 0 spiro atoms. The van der Waals surface area contributed by atoms with Crippen molar-refractivity contribution in [2.24, 2.45) is 0 Å². The molecular weight excluding hydrogens is 326 g/mol. The van der Waals surface area contributed by atoms with Gasteiger partial charge in [0.05, 0.1) is 17.4 Å². The monoisotopic (exact) mass is 341 g/mol. The van der Waals surface area contributed by atoms with E-state index in [1.807, 2.05) is 31.2 Å². The van der Waals surface area contributed by atoms with Crippen molar-refractivity contribution in [1.29, 1.82) is 0 Å². The Hall–Kier alpha value is -2.73. The van der Waals surface area contributed by atoms with E-state index in [0.29, 0.717) is 10.7 Å². The van der Waals surface area contributed by atoms with Crippen molar-refractivity contribution in [3.8, 4) is 5.69 Å². The molecule has 0 aliphatic carbocycles. The molecule has 0 bridgehead atoms. The number of amides is 1. The van der Waals surface area contributed by atoms with Gasteiger partial charge in [-0.05, 0) is 43.7 Å². The molecule has 1 aromatic carbocycles. The van der Waals surface area contributed by atoms with Crippen molar-refractivity contribution in [2.75, 3.05) is 0 Å². The highest BCUT2D eigenvalue weighted by molar-refractivity contribution is 6.30. The summed E-state index contributed by atoms with van der Waals surface area (Å²) in [5.41, 5.74) is 2.61. The number of hydrogen-bond acceptors (Lipinski definition) is 4. The fourth-order valence-corrected chi connectivity index (χ4v) is 2.56. The lowest BCUT2D eigenvalue weighted by Crippen LogP contribution is -2.27. The van der Waals surface area contributed by atoms with Crippen LogP contribution in [0.3, 0.4) is 0 Å². The van der Waals surface area contributed by atoms with E-state index in [4.69, 9.17) is 11.6 Å². The predicted octanol–water partition coefficient (Wildman–Crippen LogP) is 3.12. The number of carbonyl (C=O) groups excluding carboxylic acids is 1. The van der Waals surface area contributed by atoms with Crippen LogP contribution in [-0.2, 0) is 0 Å². The Morgan fingerprint density at radius 3 is 2.83 bits per heavy atom. The molecule has 0 unspecified atom stereocenters. The third-order valence-electron chi connectivity index (χ3n) is 3.69. The van der Waals surface area contributed by atoms with E-state index in [0.717, 1.165) is 11.3 Å². The molecule has 0 radical (unpaired) electrons. The summed E-state index contributed by atoms with van der Waals surface area (Å²) in [4.78, 5) is 16.5. The maximum atomic E-state index is 12.5. The van der Waals surface area contributed by atoms with E-state index in [2.05, 4.69) is 20.6 Å². The average Bonchev–Trinajstić information content (AvgIpc) is 2.97. The molecule has 0 saturated heterocycles. The summed E-state index contributed by atoms with van der Waals surface area (Å²) in [6, 6.07) is 10.8. The van der Waals surface area contributed by atoms with Gasteiger partial charge >= 0.3 is 0 Å². The lowest BCUT2D eigenvalue weighted by molar-refractivity contribution is 0.0934. The number of carbonyl (C=O) groups is 1. The number of pyridine rings is 1. The number of halogens is 1. The van der Waals surface area contributed by atoms with E-state index in [-0.39, 0.29) is 17.6 Å². The Labute approximate surface area is 144 Å². The van der Waals surface area contributed by atoms with Crippen LogP contribution in [0.25, 0.3) is 5.69 Å². The number of nitrogens with one attached hydrogen (secondary N) is 1. The quantitative estimate of drug-likeness (QED) is 0.791. The number of hydrogen-bond donors (Lipinski definition) is 1. The Morgan fingerprint density at radius 1 is 1.29 bits per heavy atom. The number of benzene rings is 1. The standard InChI is InChI=1S/C17H16ClN5O/c1-11(13-5-4-8-19-10-13)20-17(24)16-12(2)23(22-21-16)15-7-3-6-14(18)9-15/h3-11H,1-2H3,(H,20,24)/t11-/m0/s1. The molecule has 3 aromatic rings. The van der Waals surface area contributed by atoms with Crippen LogP contribution in [0, 0.1) is 6.92 Å². The molecule has 2 heterocycles. The molecule has 24 heavy (non-hydrogen) atoms. The van der Waals surface area contributed by atoms with Gasteiger partial charge in [0.1, 0.15) is 0 Å². The maximum absolute atomic E-state index is 12.5. The van der Waals surface area contributed by atoms with Crippen LogP contribution >= 0.6 is 11.6 Å². The molecule has 122 valence electrons. The minimum atomic E-state index is -0.280. The first-order valence-corrected chi connectivity index (χ1v) is 7.83. The topological polar surface area (TPSA) is 72.7 Å². The van der Waals surface area contributed by atoms with Crippen LogP contribution in [0.2, 0.25) is 5.02 Å². The third kappa shape index (κ3) is 3.28. The van der Waals surface area contributed by atoms with Crippen molar-refractivity contribution in [3.05, 3.63) is 70.8 Å². The molecule has 0 saturated carbocycles. The Bertz CT molecular complexity index is 862. The lowest BCUT2D eigenvalue weighted by Gasteiger charge is -2.13. The fourth-order valence-electron chi connectivity index (χ4n) is 2.37. The summed E-state index contributed by atoms with van der Waals surface area (Å²) in [7, 11) is 0. The highest BCUT2D eigenvalue weighted by Crippen LogP contribution is 2.17. The molecule has 0 fully saturated rings. The summed E-state index contributed by atoms with van der Waals surface area (Å²) in [5.74, 6) is -0.280. The van der Waals surface area contributed by atoms with Crippen molar-refractivity contribution >= 4 is 17.5 Å². The molecule has 6 nitrogen and oxygen atoms in total. The molecule has 1 atom stereocenters. The molecular formula is C17H16ClN5O. The third-order valence-corrected chi connectivity index (χ3v) is 3.93. The van der Waals surface area contributed by atoms with Crippen LogP contribution in [0.5, 0.6) is 0 Å². The highest BCUT2D eigenvalue weighted by Gasteiger charge is 2.19. The number of nitrogens with zero attached hydrogens (tertiary/aromatic N) is 4. The molecule has 7 heteroatoms. The van der Waals surface area contributed by atoms with E-state index < -0.39 is 0 Å². The maximum Gasteiger partial charge on any atom is 0.274 e. The van der Waals surface area contributed by atoms with E-state index in [1.165, 1.54) is 0 Å². The van der Waals surface area contributed by atoms with Gasteiger partial charge in [-0.2, -0.15) is 0 Å². The van der Waals surface area contributed by atoms with Gasteiger partial charge in [-0.1, -0.05) is 28.9 Å². The zero-order valence-electron chi connectivity index (χ0n) is 13.3. The van der Waals surface area contributed by atoms with E-state index in [9.17, 15) is 4.79 Å². The van der Waals surface area contributed by atoms with Crippen LogP contribution in [-0.4, -0.2) is 25.9 Å². The summed E-state index contributed by atoms with van der Waals surface area (Å²) >= 11 is 6.01. The Morgan fingerprint density at radius 2 is 2.12 bits per heavy atom. The van der Waals surface area contributed by atoms with Crippen molar-refractivity contribution in [2.45, 2.75) is 19.9 Å². The minimum absolute atomic E-state index is 0.179. The molecule has 0 aliphatic heterocycles. The zero-order chi connectivity index (χ0) is 17.1. The van der Waals surface area contributed by atoms with Gasteiger partial charge in [0, 0.05) is 17.4 Å². The summed E-state index contributed by atoms with van der Waals surface area (Å²) in [5, 5.41) is 11.6. The fraction of sp³-hybridized carbons (Fsp3) is 0.176. The Kier molecular flexibility index (Phi) is 4.57. The van der Waals surface area contributed by atoms with Gasteiger partial charge in [0.2, 0.25) is 0 Å². The van der Waals surface area contributed by atoms with Gasteiger partial charge in [0.15, 0.2) is 5.69 Å². The van der Waals surface area contributed by atoms with E-state index >= 15 is 0 Å². The van der Waals surface area contributed by atoms with Gasteiger partial charge < -0.3 is 5.32 Å². The average molecular weight is 342 g/mol. The smallest absolute Gasteiger partial charge is 0.274 e. The second-order valence-corrected chi connectivity index (χ2v) is 5.83. The van der Waals surface area contributed by atoms with E-state index in [1.54, 1.807) is 36.1 Å². The number of aromatic nitrogens is 4. The van der Waals surface area contributed by atoms with Crippen LogP contribution in [0.4, 0.5) is 0 Å². The summed E-state index contributed by atoms with van der Waals surface area (Å²) < 4.78 is 1.59. The van der Waals surface area contributed by atoms with Gasteiger partial charge in [-0.25, -0.2) is 4.68 Å². The molecule has 1 amide bonds. The summed E-state index contributed by atoms with van der Waals surface area (Å²) in [6.07, 6.45) is 3.42. The van der Waals surface area contributed by atoms with Gasteiger partial charge in [0.25, 0.3) is 5.91 Å². The molecule has 3 rings (SSSR count). The highest BCUT2D eigenvalue weighted by atomic mass is 35.5.